The van der Waals surface area contributed by atoms with Crippen LogP contribution in [0.3, 0.4) is 0 Å². The SMILES string of the molecule is Cc1ccccc1COc1ccc(C(=N)N)cc1Cl. The van der Waals surface area contributed by atoms with E-state index < -0.39 is 0 Å². The van der Waals surface area contributed by atoms with Gasteiger partial charge in [0.05, 0.1) is 5.02 Å². The third-order valence-corrected chi connectivity index (χ3v) is 3.18. The van der Waals surface area contributed by atoms with E-state index in [1.54, 1.807) is 18.2 Å². The summed E-state index contributed by atoms with van der Waals surface area (Å²) in [6.07, 6.45) is 0. The molecule has 0 saturated heterocycles. The number of aryl methyl sites for hydroxylation is 1. The first-order valence-electron chi connectivity index (χ1n) is 5.89. The largest absolute Gasteiger partial charge is 0.487 e. The summed E-state index contributed by atoms with van der Waals surface area (Å²) in [6.45, 7) is 2.50. The Kier molecular flexibility index (Phi) is 4.07. The number of nitrogens with two attached hydrogens (primary N) is 1. The Balaban J connectivity index is 2.12. The van der Waals surface area contributed by atoms with Gasteiger partial charge in [0, 0.05) is 5.56 Å². The van der Waals surface area contributed by atoms with Gasteiger partial charge in [-0.05, 0) is 36.2 Å². The fraction of sp³-hybridized carbons (Fsp3) is 0.133. The predicted molar refractivity (Wildman–Crippen MR) is 78.0 cm³/mol. The van der Waals surface area contributed by atoms with Crippen LogP contribution in [0.5, 0.6) is 5.75 Å². The normalized spacial score (nSPS) is 10.2. The van der Waals surface area contributed by atoms with Crippen LogP contribution in [0.1, 0.15) is 16.7 Å². The molecule has 0 aliphatic heterocycles. The van der Waals surface area contributed by atoms with E-state index in [0.717, 1.165) is 5.56 Å². The first-order valence-corrected chi connectivity index (χ1v) is 6.27. The van der Waals surface area contributed by atoms with E-state index in [9.17, 15) is 0 Å². The maximum Gasteiger partial charge on any atom is 0.138 e. The van der Waals surface area contributed by atoms with Crippen LogP contribution >= 0.6 is 11.6 Å². The van der Waals surface area contributed by atoms with Gasteiger partial charge in [-0.3, -0.25) is 5.41 Å². The van der Waals surface area contributed by atoms with Gasteiger partial charge in [-0.2, -0.15) is 0 Å². The molecule has 3 nitrogen and oxygen atoms in total. The van der Waals surface area contributed by atoms with Crippen molar-refractivity contribution in [1.29, 1.82) is 5.41 Å². The van der Waals surface area contributed by atoms with Crippen molar-refractivity contribution in [3.63, 3.8) is 0 Å². The zero-order valence-electron chi connectivity index (χ0n) is 10.6. The van der Waals surface area contributed by atoms with Gasteiger partial charge in [-0.15, -0.1) is 0 Å². The van der Waals surface area contributed by atoms with Gasteiger partial charge in [0.25, 0.3) is 0 Å². The van der Waals surface area contributed by atoms with Gasteiger partial charge in [0.1, 0.15) is 18.2 Å². The summed E-state index contributed by atoms with van der Waals surface area (Å²) < 4.78 is 5.70. The number of hydrogen-bond acceptors (Lipinski definition) is 2. The second kappa shape index (κ2) is 5.76. The lowest BCUT2D eigenvalue weighted by atomic mass is 10.1. The van der Waals surface area contributed by atoms with E-state index in [2.05, 4.69) is 0 Å². The molecule has 0 bridgehead atoms. The summed E-state index contributed by atoms with van der Waals surface area (Å²) >= 11 is 6.10. The third kappa shape index (κ3) is 3.26. The maximum absolute atomic E-state index is 7.35. The molecule has 3 N–H and O–H groups in total. The summed E-state index contributed by atoms with van der Waals surface area (Å²) in [6, 6.07) is 13.1. The van der Waals surface area contributed by atoms with E-state index in [1.165, 1.54) is 5.56 Å². The number of amidine groups is 1. The summed E-state index contributed by atoms with van der Waals surface area (Å²) in [5.74, 6) is 0.585. The molecule has 0 fully saturated rings. The number of rotatable bonds is 4. The lowest BCUT2D eigenvalue weighted by Gasteiger charge is -2.10. The Morgan fingerprint density at radius 3 is 2.63 bits per heavy atom. The molecule has 0 aromatic heterocycles. The first kappa shape index (κ1) is 13.4. The molecule has 0 atom stereocenters. The van der Waals surface area contributed by atoms with Gasteiger partial charge in [-0.25, -0.2) is 0 Å². The third-order valence-electron chi connectivity index (χ3n) is 2.89. The van der Waals surface area contributed by atoms with Crippen molar-refractivity contribution < 1.29 is 4.74 Å². The van der Waals surface area contributed by atoms with E-state index in [0.29, 0.717) is 22.9 Å². The number of ether oxygens (including phenoxy) is 1. The number of nitrogen functional groups attached to an aromatic ring is 1. The van der Waals surface area contributed by atoms with Crippen LogP contribution in [0.25, 0.3) is 0 Å². The van der Waals surface area contributed by atoms with Crippen molar-refractivity contribution in [1.82, 2.24) is 0 Å². The van der Waals surface area contributed by atoms with Crippen molar-refractivity contribution in [2.45, 2.75) is 13.5 Å². The summed E-state index contributed by atoms with van der Waals surface area (Å²) in [5.41, 5.74) is 8.29. The molecule has 4 heteroatoms. The molecule has 0 heterocycles. The Labute approximate surface area is 117 Å². The van der Waals surface area contributed by atoms with Gasteiger partial charge in [0.2, 0.25) is 0 Å². The van der Waals surface area contributed by atoms with Crippen LogP contribution in [-0.2, 0) is 6.61 Å². The van der Waals surface area contributed by atoms with Crippen LogP contribution in [-0.4, -0.2) is 5.84 Å². The minimum absolute atomic E-state index is 0.00708. The minimum Gasteiger partial charge on any atom is -0.487 e. The maximum atomic E-state index is 7.35. The lowest BCUT2D eigenvalue weighted by molar-refractivity contribution is 0.305. The highest BCUT2D eigenvalue weighted by Gasteiger charge is 2.06. The summed E-state index contributed by atoms with van der Waals surface area (Å²) in [4.78, 5) is 0. The molecule has 0 aliphatic rings. The molecule has 2 aromatic carbocycles. The molecular formula is C15H15ClN2O. The molecule has 0 radical (unpaired) electrons. The van der Waals surface area contributed by atoms with Crippen molar-refractivity contribution >= 4 is 17.4 Å². The number of hydrogen-bond donors (Lipinski definition) is 2. The second-order valence-electron chi connectivity index (χ2n) is 4.27. The van der Waals surface area contributed by atoms with Crippen LogP contribution in [0, 0.1) is 12.3 Å². The van der Waals surface area contributed by atoms with Gasteiger partial charge in [0.15, 0.2) is 0 Å². The Hall–Kier alpha value is -2.00. The number of benzene rings is 2. The minimum atomic E-state index is -0.00708. The molecule has 0 aliphatic carbocycles. The van der Waals surface area contributed by atoms with E-state index in [4.69, 9.17) is 27.5 Å². The zero-order chi connectivity index (χ0) is 13.8. The van der Waals surface area contributed by atoms with E-state index in [1.807, 2.05) is 31.2 Å². The van der Waals surface area contributed by atoms with Crippen molar-refractivity contribution in [2.24, 2.45) is 5.73 Å². The zero-order valence-corrected chi connectivity index (χ0v) is 11.4. The average molecular weight is 275 g/mol. The smallest absolute Gasteiger partial charge is 0.138 e. The van der Waals surface area contributed by atoms with E-state index >= 15 is 0 Å². The quantitative estimate of drug-likeness (QED) is 0.662. The van der Waals surface area contributed by atoms with E-state index in [-0.39, 0.29) is 5.84 Å². The highest BCUT2D eigenvalue weighted by atomic mass is 35.5. The van der Waals surface area contributed by atoms with Gasteiger partial charge in [-0.1, -0.05) is 35.9 Å². The monoisotopic (exact) mass is 274 g/mol. The van der Waals surface area contributed by atoms with Crippen molar-refractivity contribution in [3.8, 4) is 5.75 Å². The van der Waals surface area contributed by atoms with Crippen LogP contribution in [0.15, 0.2) is 42.5 Å². The van der Waals surface area contributed by atoms with Crippen molar-refractivity contribution in [3.05, 3.63) is 64.2 Å². The topological polar surface area (TPSA) is 59.1 Å². The van der Waals surface area contributed by atoms with Crippen LogP contribution in [0.2, 0.25) is 5.02 Å². The summed E-state index contributed by atoms with van der Waals surface area (Å²) in [5, 5.41) is 7.80. The Bertz CT molecular complexity index is 611. The Morgan fingerprint density at radius 1 is 1.26 bits per heavy atom. The Morgan fingerprint density at radius 2 is 2.00 bits per heavy atom. The molecule has 19 heavy (non-hydrogen) atoms. The molecule has 0 amide bonds. The van der Waals surface area contributed by atoms with Gasteiger partial charge < -0.3 is 10.5 Å². The molecule has 0 spiro atoms. The fourth-order valence-electron chi connectivity index (χ4n) is 1.71. The highest BCUT2D eigenvalue weighted by molar-refractivity contribution is 6.32. The summed E-state index contributed by atoms with van der Waals surface area (Å²) in [7, 11) is 0. The molecule has 98 valence electrons. The highest BCUT2D eigenvalue weighted by Crippen LogP contribution is 2.26. The lowest BCUT2D eigenvalue weighted by Crippen LogP contribution is -2.10. The first-order chi connectivity index (χ1) is 9.08. The van der Waals surface area contributed by atoms with Crippen LogP contribution in [0.4, 0.5) is 0 Å². The fourth-order valence-corrected chi connectivity index (χ4v) is 1.95. The molecular weight excluding hydrogens is 260 g/mol. The van der Waals surface area contributed by atoms with Crippen molar-refractivity contribution in [2.75, 3.05) is 0 Å². The molecule has 2 rings (SSSR count). The average Bonchev–Trinajstić information content (AvgIpc) is 2.39. The van der Waals surface area contributed by atoms with Crippen LogP contribution < -0.4 is 10.5 Å². The number of nitrogens with one attached hydrogen (secondary N) is 1. The number of halogens is 1. The standard InChI is InChI=1S/C15H15ClN2O/c1-10-4-2-3-5-12(10)9-19-14-7-6-11(15(17)18)8-13(14)16/h2-8H,9H2,1H3,(H3,17,18). The second-order valence-corrected chi connectivity index (χ2v) is 4.68. The van der Waals surface area contributed by atoms with Gasteiger partial charge >= 0.3 is 0 Å². The molecule has 0 saturated carbocycles. The molecule has 0 unspecified atom stereocenters. The molecule has 2 aromatic rings. The predicted octanol–water partition coefficient (Wildman–Crippen LogP) is 3.51.